The molecule has 0 aromatic rings. The first-order valence-corrected chi connectivity index (χ1v) is 3.71. The van der Waals surface area contributed by atoms with E-state index in [0.717, 1.165) is 6.54 Å². The standard InChI is InChI=1S/C7H16N2O2/c1-3-11-5-4-9(2)6-7(8)10/h3-6H2,1-2H3,(H2,8,10). The van der Waals surface area contributed by atoms with Crippen LogP contribution in [-0.2, 0) is 9.53 Å². The zero-order valence-electron chi connectivity index (χ0n) is 7.17. The van der Waals surface area contributed by atoms with Crippen molar-refractivity contribution in [1.82, 2.24) is 4.90 Å². The molecule has 0 atom stereocenters. The van der Waals surface area contributed by atoms with Gasteiger partial charge in [-0.2, -0.15) is 0 Å². The van der Waals surface area contributed by atoms with Crippen LogP contribution in [-0.4, -0.2) is 44.2 Å². The second-order valence-electron chi connectivity index (χ2n) is 2.40. The van der Waals surface area contributed by atoms with E-state index in [4.69, 9.17) is 10.5 Å². The van der Waals surface area contributed by atoms with Gasteiger partial charge >= 0.3 is 0 Å². The number of ether oxygens (including phenoxy) is 1. The van der Waals surface area contributed by atoms with Gasteiger partial charge in [0.15, 0.2) is 0 Å². The summed E-state index contributed by atoms with van der Waals surface area (Å²) in [4.78, 5) is 12.2. The third-order valence-corrected chi connectivity index (χ3v) is 1.25. The van der Waals surface area contributed by atoms with E-state index in [9.17, 15) is 4.79 Å². The van der Waals surface area contributed by atoms with Crippen molar-refractivity contribution in [2.24, 2.45) is 5.73 Å². The largest absolute Gasteiger partial charge is 0.380 e. The first kappa shape index (κ1) is 10.4. The molecule has 0 saturated heterocycles. The first-order chi connectivity index (χ1) is 5.16. The minimum Gasteiger partial charge on any atom is -0.380 e. The summed E-state index contributed by atoms with van der Waals surface area (Å²) in [5.41, 5.74) is 4.98. The number of carbonyl (C=O) groups excluding carboxylic acids is 1. The van der Waals surface area contributed by atoms with Gasteiger partial charge in [-0.15, -0.1) is 0 Å². The maximum absolute atomic E-state index is 10.4. The molecule has 66 valence electrons. The summed E-state index contributed by atoms with van der Waals surface area (Å²) < 4.78 is 5.09. The number of rotatable bonds is 6. The SMILES string of the molecule is CCOCCN(C)CC(N)=O. The summed E-state index contributed by atoms with van der Waals surface area (Å²) >= 11 is 0. The van der Waals surface area contributed by atoms with E-state index in [0.29, 0.717) is 19.8 Å². The maximum Gasteiger partial charge on any atom is 0.231 e. The number of carbonyl (C=O) groups is 1. The van der Waals surface area contributed by atoms with Crippen LogP contribution >= 0.6 is 0 Å². The summed E-state index contributed by atoms with van der Waals surface area (Å²) in [7, 11) is 1.84. The molecule has 0 unspecified atom stereocenters. The quantitative estimate of drug-likeness (QED) is 0.530. The van der Waals surface area contributed by atoms with Crippen LogP contribution in [0.15, 0.2) is 0 Å². The highest BCUT2D eigenvalue weighted by Crippen LogP contribution is 1.81. The lowest BCUT2D eigenvalue weighted by Gasteiger charge is -2.13. The highest BCUT2D eigenvalue weighted by molar-refractivity contribution is 5.75. The minimum absolute atomic E-state index is 0.299. The molecule has 2 N–H and O–H groups in total. The van der Waals surface area contributed by atoms with Crippen LogP contribution in [0.2, 0.25) is 0 Å². The Morgan fingerprint density at radius 3 is 2.73 bits per heavy atom. The minimum atomic E-state index is -0.302. The van der Waals surface area contributed by atoms with Crippen LogP contribution in [0.1, 0.15) is 6.92 Å². The van der Waals surface area contributed by atoms with E-state index < -0.39 is 0 Å². The summed E-state index contributed by atoms with van der Waals surface area (Å²) in [6, 6.07) is 0. The molecule has 0 fully saturated rings. The van der Waals surface area contributed by atoms with Gasteiger partial charge in [0, 0.05) is 13.2 Å². The fourth-order valence-electron chi connectivity index (χ4n) is 0.710. The number of nitrogens with zero attached hydrogens (tertiary/aromatic N) is 1. The fourth-order valence-corrected chi connectivity index (χ4v) is 0.710. The molecule has 0 bridgehead atoms. The lowest BCUT2D eigenvalue weighted by molar-refractivity contribution is -0.118. The summed E-state index contributed by atoms with van der Waals surface area (Å²) in [5, 5.41) is 0. The van der Waals surface area contributed by atoms with E-state index in [2.05, 4.69) is 0 Å². The van der Waals surface area contributed by atoms with E-state index >= 15 is 0 Å². The van der Waals surface area contributed by atoms with Crippen LogP contribution < -0.4 is 5.73 Å². The molecule has 0 aliphatic carbocycles. The van der Waals surface area contributed by atoms with Crippen LogP contribution in [0.3, 0.4) is 0 Å². The Hall–Kier alpha value is -0.610. The smallest absolute Gasteiger partial charge is 0.231 e. The van der Waals surface area contributed by atoms with Gasteiger partial charge in [-0.3, -0.25) is 9.69 Å². The number of nitrogens with two attached hydrogens (primary N) is 1. The molecule has 4 heteroatoms. The van der Waals surface area contributed by atoms with Crippen LogP contribution in [0.25, 0.3) is 0 Å². The van der Waals surface area contributed by atoms with Crippen molar-refractivity contribution < 1.29 is 9.53 Å². The van der Waals surface area contributed by atoms with Gasteiger partial charge in [0.2, 0.25) is 5.91 Å². The number of amides is 1. The highest BCUT2D eigenvalue weighted by atomic mass is 16.5. The van der Waals surface area contributed by atoms with Crippen LogP contribution in [0.5, 0.6) is 0 Å². The van der Waals surface area contributed by atoms with Gasteiger partial charge in [0.1, 0.15) is 0 Å². The Kier molecular flexibility index (Phi) is 5.78. The Balaban J connectivity index is 3.22. The normalized spacial score (nSPS) is 10.5. The van der Waals surface area contributed by atoms with Gasteiger partial charge in [-0.1, -0.05) is 0 Å². The third-order valence-electron chi connectivity index (χ3n) is 1.25. The average Bonchev–Trinajstić information content (AvgIpc) is 1.86. The molecule has 0 rings (SSSR count). The molecule has 11 heavy (non-hydrogen) atoms. The highest BCUT2D eigenvalue weighted by Gasteiger charge is 2.00. The molecule has 0 aromatic carbocycles. The Labute approximate surface area is 67.3 Å². The zero-order chi connectivity index (χ0) is 8.69. The molecule has 0 aliphatic rings. The van der Waals surface area contributed by atoms with E-state index in [1.54, 1.807) is 0 Å². The van der Waals surface area contributed by atoms with Gasteiger partial charge in [-0.25, -0.2) is 0 Å². The lowest BCUT2D eigenvalue weighted by atomic mass is 10.5. The molecular formula is C7H16N2O2. The van der Waals surface area contributed by atoms with Crippen molar-refractivity contribution in [1.29, 1.82) is 0 Å². The number of primary amides is 1. The average molecular weight is 160 g/mol. The maximum atomic E-state index is 10.4. The van der Waals surface area contributed by atoms with Gasteiger partial charge in [0.05, 0.1) is 13.2 Å². The van der Waals surface area contributed by atoms with Crippen LogP contribution in [0, 0.1) is 0 Å². The molecular weight excluding hydrogens is 144 g/mol. The lowest BCUT2D eigenvalue weighted by Crippen LogP contribution is -2.32. The van der Waals surface area contributed by atoms with Gasteiger partial charge in [0.25, 0.3) is 0 Å². The van der Waals surface area contributed by atoms with E-state index in [-0.39, 0.29) is 5.91 Å². The Morgan fingerprint density at radius 2 is 2.27 bits per heavy atom. The predicted octanol–water partition coefficient (Wildman–Crippen LogP) is -0.560. The summed E-state index contributed by atoms with van der Waals surface area (Å²) in [5.74, 6) is -0.302. The molecule has 0 aliphatic heterocycles. The first-order valence-electron chi connectivity index (χ1n) is 3.71. The van der Waals surface area contributed by atoms with Crippen molar-refractivity contribution in [3.05, 3.63) is 0 Å². The third kappa shape index (κ3) is 7.29. The molecule has 0 radical (unpaired) electrons. The monoisotopic (exact) mass is 160 g/mol. The molecule has 4 nitrogen and oxygen atoms in total. The second-order valence-corrected chi connectivity index (χ2v) is 2.40. The van der Waals surface area contributed by atoms with Crippen molar-refractivity contribution >= 4 is 5.91 Å². The van der Waals surface area contributed by atoms with Crippen LogP contribution in [0.4, 0.5) is 0 Å². The number of hydrogen-bond acceptors (Lipinski definition) is 3. The van der Waals surface area contributed by atoms with Crippen molar-refractivity contribution in [2.45, 2.75) is 6.92 Å². The van der Waals surface area contributed by atoms with Crippen molar-refractivity contribution in [3.8, 4) is 0 Å². The Bertz CT molecular complexity index is 117. The van der Waals surface area contributed by atoms with Gasteiger partial charge in [-0.05, 0) is 14.0 Å². The van der Waals surface area contributed by atoms with E-state index in [1.807, 2.05) is 18.9 Å². The summed E-state index contributed by atoms with van der Waals surface area (Å²) in [6.07, 6.45) is 0. The molecule has 0 saturated carbocycles. The molecule has 0 heterocycles. The predicted molar refractivity (Wildman–Crippen MR) is 43.2 cm³/mol. The number of likely N-dealkylation sites (N-methyl/N-ethyl adjacent to an activating group) is 1. The fraction of sp³-hybridized carbons (Fsp3) is 0.857. The van der Waals surface area contributed by atoms with Crippen molar-refractivity contribution in [2.75, 3.05) is 33.4 Å². The summed E-state index contributed by atoms with van der Waals surface area (Å²) in [6.45, 7) is 4.35. The van der Waals surface area contributed by atoms with E-state index in [1.165, 1.54) is 0 Å². The number of hydrogen-bond donors (Lipinski definition) is 1. The molecule has 0 spiro atoms. The van der Waals surface area contributed by atoms with Crippen molar-refractivity contribution in [3.63, 3.8) is 0 Å². The second kappa shape index (κ2) is 6.12. The van der Waals surface area contributed by atoms with Gasteiger partial charge < -0.3 is 10.5 Å². The Morgan fingerprint density at radius 1 is 1.64 bits per heavy atom. The zero-order valence-corrected chi connectivity index (χ0v) is 7.17. The molecule has 1 amide bonds. The topological polar surface area (TPSA) is 55.6 Å². The molecule has 0 aromatic heterocycles.